The van der Waals surface area contributed by atoms with Crippen LogP contribution in [0.3, 0.4) is 0 Å². The molecule has 4 nitrogen and oxygen atoms in total. The Morgan fingerprint density at radius 2 is 2.00 bits per heavy atom. The highest BCUT2D eigenvalue weighted by molar-refractivity contribution is 5.78. The number of amides is 1. The smallest absolute Gasteiger partial charge is 0.225 e. The van der Waals surface area contributed by atoms with Crippen molar-refractivity contribution in [2.45, 2.75) is 46.7 Å². The van der Waals surface area contributed by atoms with Gasteiger partial charge >= 0.3 is 0 Å². The van der Waals surface area contributed by atoms with Crippen LogP contribution in [0.1, 0.15) is 45.1 Å². The van der Waals surface area contributed by atoms with E-state index in [2.05, 4.69) is 29.6 Å². The first-order chi connectivity index (χ1) is 7.99. The Kier molecular flexibility index (Phi) is 3.22. The quantitative estimate of drug-likeness (QED) is 0.786. The third-order valence-electron chi connectivity index (χ3n) is 3.22. The van der Waals surface area contributed by atoms with Gasteiger partial charge in [0.2, 0.25) is 5.91 Å². The van der Waals surface area contributed by atoms with Crippen LogP contribution in [-0.4, -0.2) is 26.9 Å². The lowest BCUT2D eigenvalue weighted by Gasteiger charge is -2.28. The Morgan fingerprint density at radius 1 is 1.29 bits per heavy atom. The highest BCUT2D eigenvalue weighted by Crippen LogP contribution is 2.19. The van der Waals surface area contributed by atoms with Gasteiger partial charge in [0.05, 0.1) is 12.2 Å². The number of carbonyl (C=O) groups excluding carboxylic acids is 1. The monoisotopic (exact) mass is 235 g/mol. The Hall–Kier alpha value is -1.32. The number of hydrogen-bond donors (Lipinski definition) is 0. The molecule has 0 fully saturated rings. The summed E-state index contributed by atoms with van der Waals surface area (Å²) in [4.78, 5) is 18.5. The molecular weight excluding hydrogens is 214 g/mol. The van der Waals surface area contributed by atoms with Gasteiger partial charge < -0.3 is 9.47 Å². The number of nitrogens with zero attached hydrogens (tertiary/aromatic N) is 3. The lowest BCUT2D eigenvalue weighted by atomic mass is 10.2. The van der Waals surface area contributed by atoms with E-state index >= 15 is 0 Å². The van der Waals surface area contributed by atoms with Crippen LogP contribution in [0, 0.1) is 5.92 Å². The van der Waals surface area contributed by atoms with Gasteiger partial charge in [0, 0.05) is 25.2 Å². The molecule has 0 radical (unpaired) electrons. The van der Waals surface area contributed by atoms with Gasteiger partial charge in [-0.1, -0.05) is 27.7 Å². The van der Waals surface area contributed by atoms with Gasteiger partial charge in [-0.15, -0.1) is 0 Å². The van der Waals surface area contributed by atoms with Gasteiger partial charge in [-0.3, -0.25) is 4.79 Å². The minimum atomic E-state index is 0.0704. The first kappa shape index (κ1) is 12.1. The predicted molar refractivity (Wildman–Crippen MR) is 66.6 cm³/mol. The van der Waals surface area contributed by atoms with Crippen LogP contribution in [0.5, 0.6) is 0 Å². The van der Waals surface area contributed by atoms with Crippen LogP contribution in [0.4, 0.5) is 0 Å². The second-order valence-corrected chi connectivity index (χ2v) is 5.34. The molecule has 0 saturated carbocycles. The third-order valence-corrected chi connectivity index (χ3v) is 3.22. The lowest BCUT2D eigenvalue weighted by Crippen LogP contribution is -2.40. The summed E-state index contributed by atoms with van der Waals surface area (Å²) in [5, 5.41) is 0. The topological polar surface area (TPSA) is 38.1 Å². The number of fused-ring (bicyclic) bond motifs is 1. The normalized spacial score (nSPS) is 15.5. The van der Waals surface area contributed by atoms with Crippen molar-refractivity contribution < 1.29 is 4.79 Å². The van der Waals surface area contributed by atoms with E-state index in [1.807, 2.05) is 18.7 Å². The number of hydrogen-bond acceptors (Lipinski definition) is 2. The third kappa shape index (κ3) is 2.35. The maximum atomic E-state index is 11.9. The Balaban J connectivity index is 2.16. The molecule has 0 N–H and O–H groups in total. The van der Waals surface area contributed by atoms with Crippen molar-refractivity contribution >= 4 is 5.91 Å². The fraction of sp³-hybridized carbons (Fsp3) is 0.692. The van der Waals surface area contributed by atoms with Gasteiger partial charge in [0.25, 0.3) is 0 Å². The molecule has 0 bridgehead atoms. The minimum absolute atomic E-state index is 0.0704. The molecule has 1 aromatic rings. The van der Waals surface area contributed by atoms with Crippen LogP contribution in [-0.2, 0) is 17.9 Å². The number of rotatable bonds is 2. The average molecular weight is 235 g/mol. The Bertz CT molecular complexity index is 420. The van der Waals surface area contributed by atoms with Gasteiger partial charge in [-0.2, -0.15) is 0 Å². The summed E-state index contributed by atoms with van der Waals surface area (Å²) in [6, 6.07) is 0. The molecule has 1 aliphatic rings. The van der Waals surface area contributed by atoms with Crippen molar-refractivity contribution in [1.29, 1.82) is 0 Å². The largest absolute Gasteiger partial charge is 0.333 e. The van der Waals surface area contributed by atoms with Crippen molar-refractivity contribution in [1.82, 2.24) is 14.5 Å². The molecule has 0 aromatic carbocycles. The van der Waals surface area contributed by atoms with Crippen LogP contribution in [0.15, 0.2) is 6.20 Å². The summed E-state index contributed by atoms with van der Waals surface area (Å²) < 4.78 is 2.18. The highest BCUT2D eigenvalue weighted by Gasteiger charge is 2.24. The molecule has 94 valence electrons. The van der Waals surface area contributed by atoms with Crippen molar-refractivity contribution in [2.75, 3.05) is 6.54 Å². The molecule has 0 saturated heterocycles. The molecule has 1 aromatic heterocycles. The molecule has 0 aliphatic carbocycles. The van der Waals surface area contributed by atoms with Crippen molar-refractivity contribution in [3.8, 4) is 0 Å². The van der Waals surface area contributed by atoms with Crippen molar-refractivity contribution in [3.63, 3.8) is 0 Å². The first-order valence-corrected chi connectivity index (χ1v) is 6.33. The van der Waals surface area contributed by atoms with Gasteiger partial charge in [0.15, 0.2) is 0 Å². The zero-order valence-electron chi connectivity index (χ0n) is 11.1. The standard InChI is InChI=1S/C13H21N3O/c1-9(2)11-7-15-5-6-16(8-12(15)14-11)13(17)10(3)4/h7,9-10H,5-6,8H2,1-4H3. The molecule has 0 atom stereocenters. The Morgan fingerprint density at radius 3 is 2.59 bits per heavy atom. The molecule has 2 heterocycles. The second-order valence-electron chi connectivity index (χ2n) is 5.34. The maximum absolute atomic E-state index is 11.9. The molecule has 1 aliphatic heterocycles. The van der Waals surface area contributed by atoms with E-state index in [1.54, 1.807) is 0 Å². The van der Waals surface area contributed by atoms with Gasteiger partial charge in [0.1, 0.15) is 5.82 Å². The molecule has 17 heavy (non-hydrogen) atoms. The first-order valence-electron chi connectivity index (χ1n) is 6.33. The van der Waals surface area contributed by atoms with Crippen molar-refractivity contribution in [3.05, 3.63) is 17.7 Å². The summed E-state index contributed by atoms with van der Waals surface area (Å²) in [5.41, 5.74) is 1.12. The zero-order valence-corrected chi connectivity index (χ0v) is 11.1. The molecule has 0 unspecified atom stereocenters. The second kappa shape index (κ2) is 4.51. The zero-order chi connectivity index (χ0) is 12.6. The molecule has 4 heteroatoms. The predicted octanol–water partition coefficient (Wildman–Crippen LogP) is 2.00. The minimum Gasteiger partial charge on any atom is -0.333 e. The highest BCUT2D eigenvalue weighted by atomic mass is 16.2. The van der Waals surface area contributed by atoms with Crippen LogP contribution in [0.2, 0.25) is 0 Å². The fourth-order valence-corrected chi connectivity index (χ4v) is 2.11. The van der Waals surface area contributed by atoms with Crippen LogP contribution < -0.4 is 0 Å². The van der Waals surface area contributed by atoms with E-state index in [0.717, 1.165) is 24.6 Å². The van der Waals surface area contributed by atoms with E-state index in [0.29, 0.717) is 12.5 Å². The maximum Gasteiger partial charge on any atom is 0.225 e. The summed E-state index contributed by atoms with van der Waals surface area (Å²) in [5.74, 6) is 1.77. The molecular formula is C13H21N3O. The van der Waals surface area contributed by atoms with Crippen molar-refractivity contribution in [2.24, 2.45) is 5.92 Å². The van der Waals surface area contributed by atoms with E-state index in [1.165, 1.54) is 0 Å². The van der Waals surface area contributed by atoms with Crippen LogP contribution in [0.25, 0.3) is 0 Å². The van der Waals surface area contributed by atoms with E-state index < -0.39 is 0 Å². The Labute approximate surface area is 103 Å². The van der Waals surface area contributed by atoms with E-state index in [4.69, 9.17) is 0 Å². The summed E-state index contributed by atoms with van der Waals surface area (Å²) >= 11 is 0. The molecule has 1 amide bonds. The summed E-state index contributed by atoms with van der Waals surface area (Å²) in [6.45, 7) is 10.5. The summed E-state index contributed by atoms with van der Waals surface area (Å²) in [6.07, 6.45) is 2.12. The van der Waals surface area contributed by atoms with E-state index in [9.17, 15) is 4.79 Å². The fourth-order valence-electron chi connectivity index (χ4n) is 2.11. The summed E-state index contributed by atoms with van der Waals surface area (Å²) in [7, 11) is 0. The molecule has 2 rings (SSSR count). The molecule has 0 spiro atoms. The lowest BCUT2D eigenvalue weighted by molar-refractivity contribution is -0.136. The van der Waals surface area contributed by atoms with Gasteiger partial charge in [-0.05, 0) is 5.92 Å². The average Bonchev–Trinajstić information content (AvgIpc) is 2.70. The van der Waals surface area contributed by atoms with Gasteiger partial charge in [-0.25, -0.2) is 4.98 Å². The van der Waals surface area contributed by atoms with E-state index in [-0.39, 0.29) is 11.8 Å². The number of imidazole rings is 1. The van der Waals surface area contributed by atoms with Crippen LogP contribution >= 0.6 is 0 Å². The number of carbonyl (C=O) groups is 1. The SMILES string of the molecule is CC(C)C(=O)N1CCn2cc(C(C)C)nc2C1. The number of aromatic nitrogens is 2.